The van der Waals surface area contributed by atoms with Gasteiger partial charge in [-0.05, 0) is 23.3 Å². The van der Waals surface area contributed by atoms with E-state index in [1.807, 2.05) is 54.6 Å². The van der Waals surface area contributed by atoms with Crippen LogP contribution in [0.5, 0.6) is 5.75 Å². The summed E-state index contributed by atoms with van der Waals surface area (Å²) in [6.07, 6.45) is 0.524. The highest BCUT2D eigenvalue weighted by molar-refractivity contribution is 5.95. The normalized spacial score (nSPS) is 10.5. The first-order valence-electron chi connectivity index (χ1n) is 7.51. The molecule has 0 saturated carbocycles. The van der Waals surface area contributed by atoms with Gasteiger partial charge in [-0.15, -0.1) is 0 Å². The first-order chi connectivity index (χ1) is 11.6. The number of nitrogens with zero attached hydrogens (tertiary/aromatic N) is 1. The summed E-state index contributed by atoms with van der Waals surface area (Å²) in [5.41, 5.74) is 13.1. The van der Waals surface area contributed by atoms with E-state index in [0.717, 1.165) is 16.9 Å². The molecule has 1 amide bonds. The van der Waals surface area contributed by atoms with Crippen LogP contribution in [-0.4, -0.2) is 15.9 Å². The number of amides is 1. The van der Waals surface area contributed by atoms with Crippen molar-refractivity contribution in [1.29, 1.82) is 0 Å². The molecule has 24 heavy (non-hydrogen) atoms. The van der Waals surface area contributed by atoms with Crippen LogP contribution in [-0.2, 0) is 13.0 Å². The van der Waals surface area contributed by atoms with Crippen LogP contribution in [0.15, 0.2) is 54.6 Å². The second kappa shape index (κ2) is 6.87. The second-order valence-electron chi connectivity index (χ2n) is 5.41. The second-order valence-corrected chi connectivity index (χ2v) is 5.41. The Bertz CT molecular complexity index is 826. The molecule has 0 radical (unpaired) electrons. The van der Waals surface area contributed by atoms with Crippen molar-refractivity contribution in [2.45, 2.75) is 13.0 Å². The maximum Gasteiger partial charge on any atom is 0.271 e. The summed E-state index contributed by atoms with van der Waals surface area (Å²) in [6, 6.07) is 17.7. The third kappa shape index (κ3) is 3.73. The van der Waals surface area contributed by atoms with E-state index in [4.69, 9.17) is 16.2 Å². The van der Waals surface area contributed by atoms with Crippen LogP contribution in [0.3, 0.4) is 0 Å². The number of nitrogens with two attached hydrogens (primary N) is 2. The van der Waals surface area contributed by atoms with Crippen molar-refractivity contribution in [3.8, 4) is 5.75 Å². The van der Waals surface area contributed by atoms with Crippen molar-refractivity contribution in [3.05, 3.63) is 77.2 Å². The zero-order valence-corrected chi connectivity index (χ0v) is 13.0. The summed E-state index contributed by atoms with van der Waals surface area (Å²) >= 11 is 0. The first kappa shape index (κ1) is 15.6. The minimum Gasteiger partial charge on any atom is -0.489 e. The molecule has 0 spiro atoms. The summed E-state index contributed by atoms with van der Waals surface area (Å²) in [5, 5.41) is 0. The molecule has 6 heteroatoms. The SMILES string of the molecule is NC(=O)c1nc(Cc2ccc(OCc3ccccc3)cc2)[nH]c1N. The molecule has 0 atom stereocenters. The molecule has 0 aliphatic rings. The van der Waals surface area contributed by atoms with E-state index in [0.29, 0.717) is 18.9 Å². The Balaban J connectivity index is 1.62. The topological polar surface area (TPSA) is 107 Å². The Morgan fingerprint density at radius 2 is 1.75 bits per heavy atom. The van der Waals surface area contributed by atoms with Crippen LogP contribution in [0.25, 0.3) is 0 Å². The molecular formula is C18H18N4O2. The van der Waals surface area contributed by atoms with Crippen LogP contribution >= 0.6 is 0 Å². The number of aromatic nitrogens is 2. The molecule has 0 aliphatic heterocycles. The van der Waals surface area contributed by atoms with Crippen LogP contribution in [0.1, 0.15) is 27.4 Å². The summed E-state index contributed by atoms with van der Waals surface area (Å²) in [4.78, 5) is 18.2. The monoisotopic (exact) mass is 322 g/mol. The lowest BCUT2D eigenvalue weighted by Crippen LogP contribution is -2.13. The third-order valence-electron chi connectivity index (χ3n) is 3.56. The number of benzene rings is 2. The molecule has 1 heterocycles. The van der Waals surface area contributed by atoms with Gasteiger partial charge in [0, 0.05) is 6.42 Å². The Morgan fingerprint density at radius 3 is 2.38 bits per heavy atom. The number of carbonyl (C=O) groups excluding carboxylic acids is 1. The van der Waals surface area contributed by atoms with E-state index in [1.54, 1.807) is 0 Å². The summed E-state index contributed by atoms with van der Waals surface area (Å²) in [7, 11) is 0. The lowest BCUT2D eigenvalue weighted by atomic mass is 10.1. The maximum absolute atomic E-state index is 11.2. The molecule has 5 N–H and O–H groups in total. The van der Waals surface area contributed by atoms with Gasteiger partial charge >= 0.3 is 0 Å². The number of imidazole rings is 1. The minimum absolute atomic E-state index is 0.0767. The zero-order valence-electron chi connectivity index (χ0n) is 13.0. The molecule has 0 fully saturated rings. The van der Waals surface area contributed by atoms with Gasteiger partial charge in [0.05, 0.1) is 0 Å². The number of rotatable bonds is 6. The van der Waals surface area contributed by atoms with Gasteiger partial charge in [0.25, 0.3) is 5.91 Å². The fourth-order valence-electron chi connectivity index (χ4n) is 2.35. The van der Waals surface area contributed by atoms with Crippen molar-refractivity contribution < 1.29 is 9.53 Å². The zero-order chi connectivity index (χ0) is 16.9. The molecule has 3 aromatic rings. The number of H-pyrrole nitrogens is 1. The number of carbonyl (C=O) groups is 1. The van der Waals surface area contributed by atoms with Gasteiger partial charge in [-0.3, -0.25) is 4.79 Å². The lowest BCUT2D eigenvalue weighted by molar-refractivity contribution is 0.0997. The van der Waals surface area contributed by atoms with Gasteiger partial charge in [-0.1, -0.05) is 42.5 Å². The number of ether oxygens (including phenoxy) is 1. The van der Waals surface area contributed by atoms with Gasteiger partial charge in [0.15, 0.2) is 5.69 Å². The molecule has 0 aliphatic carbocycles. The lowest BCUT2D eigenvalue weighted by Gasteiger charge is -2.07. The van der Waals surface area contributed by atoms with E-state index in [2.05, 4.69) is 9.97 Å². The minimum atomic E-state index is -0.639. The van der Waals surface area contributed by atoms with Gasteiger partial charge in [0.2, 0.25) is 0 Å². The Morgan fingerprint density at radius 1 is 1.04 bits per heavy atom. The Kier molecular flexibility index (Phi) is 4.47. The molecule has 0 bridgehead atoms. The van der Waals surface area contributed by atoms with Crippen LogP contribution in [0, 0.1) is 0 Å². The fourth-order valence-corrected chi connectivity index (χ4v) is 2.35. The van der Waals surface area contributed by atoms with Crippen molar-refractivity contribution in [2.75, 3.05) is 5.73 Å². The number of primary amides is 1. The van der Waals surface area contributed by atoms with E-state index < -0.39 is 5.91 Å². The summed E-state index contributed by atoms with van der Waals surface area (Å²) in [6.45, 7) is 0.525. The Hall–Kier alpha value is -3.28. The largest absolute Gasteiger partial charge is 0.489 e. The van der Waals surface area contributed by atoms with E-state index in [1.165, 1.54) is 0 Å². The molecule has 6 nitrogen and oxygen atoms in total. The summed E-state index contributed by atoms with van der Waals surface area (Å²) in [5.74, 6) is 0.943. The highest BCUT2D eigenvalue weighted by atomic mass is 16.5. The van der Waals surface area contributed by atoms with Crippen molar-refractivity contribution in [1.82, 2.24) is 9.97 Å². The number of aromatic amines is 1. The number of nitrogens with one attached hydrogen (secondary N) is 1. The maximum atomic E-state index is 11.2. The van der Waals surface area contributed by atoms with Crippen LogP contribution in [0.2, 0.25) is 0 Å². The average Bonchev–Trinajstić information content (AvgIpc) is 2.96. The van der Waals surface area contributed by atoms with Crippen molar-refractivity contribution in [3.63, 3.8) is 0 Å². The van der Waals surface area contributed by atoms with E-state index in [-0.39, 0.29) is 11.5 Å². The molecule has 0 saturated heterocycles. The number of nitrogen functional groups attached to an aromatic ring is 1. The number of hydrogen-bond donors (Lipinski definition) is 3. The average molecular weight is 322 g/mol. The van der Waals surface area contributed by atoms with Gasteiger partial charge < -0.3 is 21.2 Å². The first-order valence-corrected chi connectivity index (χ1v) is 7.51. The summed E-state index contributed by atoms with van der Waals surface area (Å²) < 4.78 is 5.75. The standard InChI is InChI=1S/C18H18N4O2/c19-17-16(18(20)23)21-15(22-17)10-12-6-8-14(9-7-12)24-11-13-4-2-1-3-5-13/h1-9H,10-11,19H2,(H2,20,23)(H,21,22). The highest BCUT2D eigenvalue weighted by Gasteiger charge is 2.12. The van der Waals surface area contributed by atoms with E-state index in [9.17, 15) is 4.79 Å². The predicted octanol–water partition coefficient (Wildman–Crippen LogP) is 2.26. The molecule has 1 aromatic heterocycles. The van der Waals surface area contributed by atoms with Crippen molar-refractivity contribution in [2.24, 2.45) is 5.73 Å². The fraction of sp³-hybridized carbons (Fsp3) is 0.111. The number of hydrogen-bond acceptors (Lipinski definition) is 4. The molecule has 122 valence electrons. The molecule has 2 aromatic carbocycles. The van der Waals surface area contributed by atoms with Gasteiger partial charge in [-0.25, -0.2) is 4.98 Å². The molecule has 3 rings (SSSR count). The highest BCUT2D eigenvalue weighted by Crippen LogP contribution is 2.17. The van der Waals surface area contributed by atoms with E-state index >= 15 is 0 Å². The van der Waals surface area contributed by atoms with Crippen LogP contribution < -0.4 is 16.2 Å². The third-order valence-corrected chi connectivity index (χ3v) is 3.56. The Labute approximate surface area is 139 Å². The quantitative estimate of drug-likeness (QED) is 0.647. The van der Waals surface area contributed by atoms with Gasteiger partial charge in [0.1, 0.15) is 24.0 Å². The molecule has 0 unspecified atom stereocenters. The molecular weight excluding hydrogens is 304 g/mol. The number of anilines is 1. The smallest absolute Gasteiger partial charge is 0.271 e. The van der Waals surface area contributed by atoms with Crippen molar-refractivity contribution >= 4 is 11.7 Å². The van der Waals surface area contributed by atoms with Gasteiger partial charge in [-0.2, -0.15) is 0 Å². The predicted molar refractivity (Wildman–Crippen MR) is 91.5 cm³/mol. The van der Waals surface area contributed by atoms with Crippen LogP contribution in [0.4, 0.5) is 5.82 Å².